The number of rotatable bonds is 3. The highest BCUT2D eigenvalue weighted by Gasteiger charge is 2.14. The molecule has 74 valence electrons. The molecular weight excluding hydrogens is 216 g/mol. The molecule has 6 nitrogen and oxygen atoms in total. The van der Waals surface area contributed by atoms with Crippen LogP contribution in [0.2, 0.25) is 0 Å². The van der Waals surface area contributed by atoms with Crippen LogP contribution in [0.5, 0.6) is 0 Å². The van der Waals surface area contributed by atoms with E-state index in [0.717, 1.165) is 11.8 Å². The lowest BCUT2D eigenvalue weighted by Gasteiger charge is -1.99. The maximum absolute atomic E-state index is 10.4. The zero-order valence-electron chi connectivity index (χ0n) is 6.72. The van der Waals surface area contributed by atoms with Gasteiger partial charge < -0.3 is 10.8 Å². The minimum Gasteiger partial charge on any atom is -0.480 e. The van der Waals surface area contributed by atoms with Crippen LogP contribution in [0.1, 0.15) is 6.92 Å². The molecule has 1 aromatic heterocycles. The van der Waals surface area contributed by atoms with Gasteiger partial charge in [0.05, 0.1) is 0 Å². The number of aromatic amines is 1. The van der Waals surface area contributed by atoms with E-state index in [1.807, 2.05) is 0 Å². The second-order valence-electron chi connectivity index (χ2n) is 2.10. The molecule has 0 saturated heterocycles. The lowest BCUT2D eigenvalue weighted by Crippen LogP contribution is -2.11. The van der Waals surface area contributed by atoms with E-state index in [2.05, 4.69) is 15.2 Å². The van der Waals surface area contributed by atoms with Crippen molar-refractivity contribution in [3.05, 3.63) is 0 Å². The first-order chi connectivity index (χ1) is 5.59. The van der Waals surface area contributed by atoms with Crippen LogP contribution in [0.3, 0.4) is 0 Å². The van der Waals surface area contributed by atoms with Gasteiger partial charge in [0.15, 0.2) is 0 Å². The van der Waals surface area contributed by atoms with E-state index in [0.29, 0.717) is 5.16 Å². The monoisotopic (exact) mass is 224 g/mol. The molecule has 0 spiro atoms. The van der Waals surface area contributed by atoms with Crippen molar-refractivity contribution >= 4 is 36.1 Å². The lowest BCUT2D eigenvalue weighted by atomic mass is 10.5. The van der Waals surface area contributed by atoms with Gasteiger partial charge in [-0.05, 0) is 6.92 Å². The fourth-order valence-corrected chi connectivity index (χ4v) is 1.19. The molecule has 13 heavy (non-hydrogen) atoms. The van der Waals surface area contributed by atoms with Crippen molar-refractivity contribution < 1.29 is 9.90 Å². The topological polar surface area (TPSA) is 105 Å². The fourth-order valence-electron chi connectivity index (χ4n) is 0.519. The number of carboxylic acid groups (broad SMARTS) is 1. The van der Waals surface area contributed by atoms with Gasteiger partial charge in [0.1, 0.15) is 5.25 Å². The van der Waals surface area contributed by atoms with Gasteiger partial charge in [-0.25, -0.2) is 5.10 Å². The van der Waals surface area contributed by atoms with E-state index in [9.17, 15) is 4.79 Å². The number of nitrogens with one attached hydrogen (secondary N) is 1. The molecule has 1 rings (SSSR count). The van der Waals surface area contributed by atoms with E-state index >= 15 is 0 Å². The third kappa shape index (κ3) is 3.51. The van der Waals surface area contributed by atoms with Crippen molar-refractivity contribution in [3.8, 4) is 0 Å². The second kappa shape index (κ2) is 4.93. The number of thioether (sulfide) groups is 1. The van der Waals surface area contributed by atoms with Gasteiger partial charge in [0, 0.05) is 0 Å². The maximum atomic E-state index is 10.4. The zero-order chi connectivity index (χ0) is 9.14. The highest BCUT2D eigenvalue weighted by molar-refractivity contribution is 8.00. The summed E-state index contributed by atoms with van der Waals surface area (Å²) < 4.78 is 0. The summed E-state index contributed by atoms with van der Waals surface area (Å²) in [5.74, 6) is -0.710. The number of nitrogen functional groups attached to an aromatic ring is 1. The highest BCUT2D eigenvalue weighted by atomic mass is 35.5. The first kappa shape index (κ1) is 12.0. The van der Waals surface area contributed by atoms with Crippen LogP contribution >= 0.6 is 24.2 Å². The van der Waals surface area contributed by atoms with Gasteiger partial charge >= 0.3 is 5.97 Å². The Labute approximate surface area is 84.7 Å². The molecule has 0 fully saturated rings. The highest BCUT2D eigenvalue weighted by Crippen LogP contribution is 2.18. The number of aromatic nitrogens is 3. The number of aliphatic carboxylic acids is 1. The van der Waals surface area contributed by atoms with Crippen LogP contribution in [-0.2, 0) is 4.79 Å². The SMILES string of the molecule is CC(Sc1n[nH]c(N)n1)C(=O)O.Cl. The molecule has 1 aromatic rings. The zero-order valence-corrected chi connectivity index (χ0v) is 8.35. The Bertz CT molecular complexity index is 292. The normalized spacial score (nSPS) is 11.8. The van der Waals surface area contributed by atoms with Crippen LogP contribution in [-0.4, -0.2) is 31.5 Å². The Morgan fingerprint density at radius 1 is 1.77 bits per heavy atom. The molecule has 0 aromatic carbocycles. The van der Waals surface area contributed by atoms with Crippen molar-refractivity contribution in [2.24, 2.45) is 0 Å². The number of nitrogens with two attached hydrogens (primary N) is 1. The predicted octanol–water partition coefficient (Wildman–Crippen LogP) is 0.374. The van der Waals surface area contributed by atoms with Gasteiger partial charge in [0.25, 0.3) is 0 Å². The average Bonchev–Trinajstić information content (AvgIpc) is 2.35. The molecule has 0 aliphatic heterocycles. The molecule has 0 radical (unpaired) electrons. The summed E-state index contributed by atoms with van der Waals surface area (Å²) in [6.45, 7) is 1.56. The average molecular weight is 225 g/mol. The Morgan fingerprint density at radius 3 is 2.77 bits per heavy atom. The van der Waals surface area contributed by atoms with Crippen molar-refractivity contribution in [2.75, 3.05) is 5.73 Å². The number of nitrogens with zero attached hydrogens (tertiary/aromatic N) is 2. The number of halogens is 1. The standard InChI is InChI=1S/C5H8N4O2S.ClH/c1-2(3(10)11)12-5-7-4(6)8-9-5;/h2H,1H3,(H,10,11)(H3,6,7,8,9);1H. The van der Waals surface area contributed by atoms with Crippen LogP contribution in [0.25, 0.3) is 0 Å². The predicted molar refractivity (Wildman–Crippen MR) is 51.0 cm³/mol. The number of carbonyl (C=O) groups is 1. The molecule has 0 bridgehead atoms. The number of hydrogen-bond acceptors (Lipinski definition) is 5. The van der Waals surface area contributed by atoms with Gasteiger partial charge in [-0.3, -0.25) is 4.79 Å². The number of H-pyrrole nitrogens is 1. The Kier molecular flexibility index (Phi) is 4.57. The molecule has 0 aliphatic carbocycles. The minimum atomic E-state index is -0.900. The molecular formula is C5H9ClN4O2S. The summed E-state index contributed by atoms with van der Waals surface area (Å²) in [6, 6.07) is 0. The van der Waals surface area contributed by atoms with Gasteiger partial charge in [-0.15, -0.1) is 17.5 Å². The number of anilines is 1. The first-order valence-corrected chi connectivity index (χ1v) is 4.05. The van der Waals surface area contributed by atoms with Crippen molar-refractivity contribution in [3.63, 3.8) is 0 Å². The number of hydrogen-bond donors (Lipinski definition) is 3. The third-order valence-corrected chi connectivity index (χ3v) is 2.06. The van der Waals surface area contributed by atoms with Crippen LogP contribution < -0.4 is 5.73 Å². The second-order valence-corrected chi connectivity index (χ2v) is 3.41. The van der Waals surface area contributed by atoms with E-state index in [1.54, 1.807) is 6.92 Å². The molecule has 0 saturated carbocycles. The molecule has 0 aliphatic rings. The van der Waals surface area contributed by atoms with Crippen LogP contribution in [0, 0.1) is 0 Å². The van der Waals surface area contributed by atoms with Crippen molar-refractivity contribution in [2.45, 2.75) is 17.3 Å². The van der Waals surface area contributed by atoms with E-state index in [4.69, 9.17) is 10.8 Å². The quantitative estimate of drug-likeness (QED) is 0.641. The molecule has 8 heteroatoms. The molecule has 1 unspecified atom stereocenters. The third-order valence-electron chi connectivity index (χ3n) is 1.11. The van der Waals surface area contributed by atoms with E-state index in [1.165, 1.54) is 0 Å². The van der Waals surface area contributed by atoms with E-state index in [-0.39, 0.29) is 18.4 Å². The van der Waals surface area contributed by atoms with Crippen LogP contribution in [0.15, 0.2) is 5.16 Å². The van der Waals surface area contributed by atoms with E-state index < -0.39 is 11.2 Å². The Hall–Kier alpha value is -0.950. The summed E-state index contributed by atoms with van der Waals surface area (Å²) in [7, 11) is 0. The van der Waals surface area contributed by atoms with Gasteiger partial charge in [0.2, 0.25) is 11.1 Å². The Balaban J connectivity index is 0.00000144. The maximum Gasteiger partial charge on any atom is 0.316 e. The minimum absolute atomic E-state index is 0. The van der Waals surface area contributed by atoms with Crippen molar-refractivity contribution in [1.29, 1.82) is 0 Å². The molecule has 4 N–H and O–H groups in total. The summed E-state index contributed by atoms with van der Waals surface area (Å²) in [4.78, 5) is 14.1. The summed E-state index contributed by atoms with van der Waals surface area (Å²) in [5.41, 5.74) is 5.24. The summed E-state index contributed by atoms with van der Waals surface area (Å²) >= 11 is 1.04. The molecule has 0 amide bonds. The number of carboxylic acids is 1. The fraction of sp³-hybridized carbons (Fsp3) is 0.400. The first-order valence-electron chi connectivity index (χ1n) is 3.17. The smallest absolute Gasteiger partial charge is 0.316 e. The molecule has 1 atom stereocenters. The Morgan fingerprint density at radius 2 is 2.38 bits per heavy atom. The largest absolute Gasteiger partial charge is 0.480 e. The molecule has 1 heterocycles. The van der Waals surface area contributed by atoms with Crippen molar-refractivity contribution in [1.82, 2.24) is 15.2 Å². The van der Waals surface area contributed by atoms with Gasteiger partial charge in [-0.1, -0.05) is 11.8 Å². The van der Waals surface area contributed by atoms with Gasteiger partial charge in [-0.2, -0.15) is 4.98 Å². The summed E-state index contributed by atoms with van der Waals surface area (Å²) in [6.07, 6.45) is 0. The van der Waals surface area contributed by atoms with Crippen LogP contribution in [0.4, 0.5) is 5.95 Å². The summed E-state index contributed by atoms with van der Waals surface area (Å²) in [5, 5.41) is 14.4. The lowest BCUT2D eigenvalue weighted by molar-refractivity contribution is -0.136.